The van der Waals surface area contributed by atoms with Crippen LogP contribution in [-0.4, -0.2) is 54.6 Å². The van der Waals surface area contributed by atoms with E-state index in [2.05, 4.69) is 20.8 Å². The number of rotatable bonds is 9. The van der Waals surface area contributed by atoms with E-state index in [1.54, 1.807) is 27.0 Å². The van der Waals surface area contributed by atoms with Gasteiger partial charge in [-0.25, -0.2) is 4.39 Å². The molecule has 0 unspecified atom stereocenters. The van der Waals surface area contributed by atoms with Crippen molar-refractivity contribution in [1.29, 1.82) is 0 Å². The van der Waals surface area contributed by atoms with Crippen LogP contribution in [0.1, 0.15) is 98.8 Å². The summed E-state index contributed by atoms with van der Waals surface area (Å²) in [5.74, 6) is 0.0509. The third-order valence-electron chi connectivity index (χ3n) is 7.66. The molecule has 1 heterocycles. The number of aliphatic hydroxyl groups is 1. The van der Waals surface area contributed by atoms with Crippen LogP contribution in [0.25, 0.3) is 5.41 Å². The Kier molecular flexibility index (Phi) is 8.54. The number of methoxy groups -OCH3 is 1. The van der Waals surface area contributed by atoms with Gasteiger partial charge in [0.15, 0.2) is 23.1 Å². The fraction of sp³-hybridized carbons (Fsp3) is 0.548. The molecule has 2 aromatic carbocycles. The third kappa shape index (κ3) is 5.76. The van der Waals surface area contributed by atoms with Gasteiger partial charge in [0, 0.05) is 23.2 Å². The van der Waals surface area contributed by atoms with Crippen molar-refractivity contribution in [3.8, 4) is 17.2 Å². The van der Waals surface area contributed by atoms with E-state index >= 15 is 4.39 Å². The van der Waals surface area contributed by atoms with Crippen molar-refractivity contribution >= 4 is 11.6 Å². The molecule has 0 spiro atoms. The first-order valence-corrected chi connectivity index (χ1v) is 13.9. The fourth-order valence-corrected chi connectivity index (χ4v) is 5.69. The van der Waals surface area contributed by atoms with Gasteiger partial charge in [0.25, 0.3) is 0 Å². The summed E-state index contributed by atoms with van der Waals surface area (Å²) in [6.45, 7) is 10.4. The van der Waals surface area contributed by atoms with Crippen molar-refractivity contribution in [2.45, 2.75) is 84.3 Å². The Morgan fingerprint density at radius 3 is 2.33 bits per heavy atom. The highest BCUT2D eigenvalue weighted by Crippen LogP contribution is 2.44. The molecule has 4 rings (SSSR count). The summed E-state index contributed by atoms with van der Waals surface area (Å²) in [6, 6.07) is 5.46. The molecule has 1 aliphatic heterocycles. The number of carbonyl (C=O) groups is 1. The number of carbonyl (C=O) groups excluding carboxylic acids is 1. The number of ether oxygens (including phenoxy) is 3. The van der Waals surface area contributed by atoms with E-state index in [4.69, 9.17) is 14.2 Å². The van der Waals surface area contributed by atoms with E-state index in [0.717, 1.165) is 29.7 Å². The number of hydrogen-bond donors (Lipinski definition) is 1. The lowest BCUT2D eigenvalue weighted by atomic mass is 9.77. The van der Waals surface area contributed by atoms with Gasteiger partial charge in [-0.15, -0.1) is 0 Å². The van der Waals surface area contributed by atoms with E-state index in [1.807, 2.05) is 12.1 Å². The molecular formula is C31H40FN2O5-. The largest absolute Gasteiger partial charge is 0.496 e. The molecule has 0 bridgehead atoms. The van der Waals surface area contributed by atoms with Crippen LogP contribution in [0.3, 0.4) is 0 Å². The smallest absolute Gasteiger partial charge is 0.197 e. The van der Waals surface area contributed by atoms with Crippen molar-refractivity contribution < 1.29 is 28.5 Å². The average molecular weight is 540 g/mol. The maximum atomic E-state index is 15.5. The van der Waals surface area contributed by atoms with Crippen LogP contribution in [0.15, 0.2) is 18.2 Å². The van der Waals surface area contributed by atoms with Crippen molar-refractivity contribution in [2.75, 3.05) is 26.9 Å². The molecule has 7 nitrogen and oxygen atoms in total. The zero-order valence-electron chi connectivity index (χ0n) is 23.9. The number of benzene rings is 2. The summed E-state index contributed by atoms with van der Waals surface area (Å²) in [5, 5.41) is 21.0. The summed E-state index contributed by atoms with van der Waals surface area (Å²) < 4.78 is 32.4. The second kappa shape index (κ2) is 11.5. The standard InChI is InChI=1S/C31H40FN2O5/c1-7-38-25-15-20-16-34(30(33)26(20)27(32)29(25)39-8-2)17-24(36)19-13-22(18-9-11-21(35)12-10-18)28(37-6)23(14-19)31(3,4)5/h13-15,18,21,35H,7-12,16-17H2,1-6H3/q-1. The van der Waals surface area contributed by atoms with Gasteiger partial charge < -0.3 is 29.6 Å². The van der Waals surface area contributed by atoms with Crippen LogP contribution in [-0.2, 0) is 12.0 Å². The van der Waals surface area contributed by atoms with Gasteiger partial charge in [-0.3, -0.25) is 4.79 Å². The van der Waals surface area contributed by atoms with Gasteiger partial charge in [-0.1, -0.05) is 26.6 Å². The monoisotopic (exact) mass is 539 g/mol. The van der Waals surface area contributed by atoms with Gasteiger partial charge in [0.05, 0.1) is 26.4 Å². The molecule has 0 atom stereocenters. The van der Waals surface area contributed by atoms with E-state index in [9.17, 15) is 15.3 Å². The van der Waals surface area contributed by atoms with E-state index in [1.165, 1.54) is 4.90 Å². The number of Topliss-reactive ketones (excluding diaryl/α,β-unsaturated/α-hetero) is 1. The minimum Gasteiger partial charge on any atom is -0.496 e. The van der Waals surface area contributed by atoms with Crippen LogP contribution in [0.4, 0.5) is 4.39 Å². The first-order chi connectivity index (χ1) is 18.5. The molecule has 0 amide bonds. The van der Waals surface area contributed by atoms with Crippen LogP contribution < -0.4 is 14.2 Å². The Labute approximate surface area is 230 Å². The van der Waals surface area contributed by atoms with Gasteiger partial charge in [-0.05, 0) is 86.7 Å². The lowest BCUT2D eigenvalue weighted by molar-refractivity contribution is 0.0962. The molecule has 0 saturated heterocycles. The lowest BCUT2D eigenvalue weighted by Crippen LogP contribution is -2.30. The number of fused-ring (bicyclic) bond motifs is 1. The predicted octanol–water partition coefficient (Wildman–Crippen LogP) is 5.96. The van der Waals surface area contributed by atoms with Crippen LogP contribution in [0, 0.1) is 5.82 Å². The number of hydrogen-bond acceptors (Lipinski definition) is 5. The molecule has 2 aliphatic rings. The normalized spacial score (nSPS) is 19.2. The zero-order valence-corrected chi connectivity index (χ0v) is 23.9. The Morgan fingerprint density at radius 1 is 1.08 bits per heavy atom. The second-order valence-corrected chi connectivity index (χ2v) is 11.4. The molecule has 8 heteroatoms. The fourth-order valence-electron chi connectivity index (χ4n) is 5.69. The maximum Gasteiger partial charge on any atom is 0.197 e. The van der Waals surface area contributed by atoms with Crippen molar-refractivity contribution in [1.82, 2.24) is 4.90 Å². The summed E-state index contributed by atoms with van der Waals surface area (Å²) in [5.41, 5.74) is 2.74. The molecule has 39 heavy (non-hydrogen) atoms. The quantitative estimate of drug-likeness (QED) is 0.395. The molecule has 0 aromatic heterocycles. The minimum atomic E-state index is -0.688. The molecule has 1 aliphatic carbocycles. The molecule has 1 fully saturated rings. The maximum absolute atomic E-state index is 15.5. The molecule has 1 saturated carbocycles. The Hall–Kier alpha value is -3.13. The third-order valence-corrected chi connectivity index (χ3v) is 7.66. The lowest BCUT2D eigenvalue weighted by Gasteiger charge is -2.31. The summed E-state index contributed by atoms with van der Waals surface area (Å²) in [7, 11) is 1.66. The van der Waals surface area contributed by atoms with Gasteiger partial charge in [-0.2, -0.15) is 0 Å². The number of aliphatic hydroxyl groups excluding tert-OH is 1. The van der Waals surface area contributed by atoms with Crippen LogP contribution in [0.2, 0.25) is 0 Å². The van der Waals surface area contributed by atoms with Crippen molar-refractivity contribution in [2.24, 2.45) is 0 Å². The van der Waals surface area contributed by atoms with E-state index in [-0.39, 0.29) is 65.8 Å². The first kappa shape index (κ1) is 28.9. The highest BCUT2D eigenvalue weighted by Gasteiger charge is 2.31. The van der Waals surface area contributed by atoms with Crippen LogP contribution in [0.5, 0.6) is 17.2 Å². The number of halogens is 1. The van der Waals surface area contributed by atoms with Gasteiger partial charge in [0.1, 0.15) is 5.75 Å². The summed E-state index contributed by atoms with van der Waals surface area (Å²) in [6.07, 6.45) is 2.77. The van der Waals surface area contributed by atoms with Gasteiger partial charge in [0.2, 0.25) is 0 Å². The SMILES string of the molecule is CCOc1cc2c(c(F)c1OCC)C(=[N-])N(CC(=O)c1cc(C3CCC(O)CC3)c(OC)c(C(C)(C)C)c1)C2. The Balaban J connectivity index is 1.66. The van der Waals surface area contributed by atoms with E-state index in [0.29, 0.717) is 30.6 Å². The molecule has 2 aromatic rings. The average Bonchev–Trinajstić information content (AvgIpc) is 3.20. The van der Waals surface area contributed by atoms with Crippen molar-refractivity contribution in [3.05, 3.63) is 57.2 Å². The molecule has 1 N–H and O–H groups in total. The Morgan fingerprint density at radius 2 is 1.74 bits per heavy atom. The van der Waals surface area contributed by atoms with E-state index < -0.39 is 5.82 Å². The molecular weight excluding hydrogens is 499 g/mol. The van der Waals surface area contributed by atoms with Gasteiger partial charge >= 0.3 is 0 Å². The molecule has 0 radical (unpaired) electrons. The molecule has 212 valence electrons. The highest BCUT2D eigenvalue weighted by molar-refractivity contribution is 6.08. The first-order valence-electron chi connectivity index (χ1n) is 13.9. The minimum absolute atomic E-state index is 0.0370. The second-order valence-electron chi connectivity index (χ2n) is 11.4. The summed E-state index contributed by atoms with van der Waals surface area (Å²) in [4.78, 5) is 15.2. The number of amidine groups is 1. The Bertz CT molecular complexity index is 1240. The highest BCUT2D eigenvalue weighted by atomic mass is 19.1. The number of nitrogens with zero attached hydrogens (tertiary/aromatic N) is 2. The topological polar surface area (TPSA) is 90.5 Å². The zero-order chi connectivity index (χ0) is 28.5. The van der Waals surface area contributed by atoms with Crippen LogP contribution >= 0.6 is 0 Å². The number of ketones is 1. The van der Waals surface area contributed by atoms with Crippen molar-refractivity contribution in [3.63, 3.8) is 0 Å². The summed E-state index contributed by atoms with van der Waals surface area (Å²) >= 11 is 0. The predicted molar refractivity (Wildman–Crippen MR) is 150 cm³/mol.